The van der Waals surface area contributed by atoms with Crippen LogP contribution in [-0.2, 0) is 0 Å². The molecule has 0 aliphatic rings. The summed E-state index contributed by atoms with van der Waals surface area (Å²) in [6.07, 6.45) is 0. The number of carbonyl (C=O) groups excluding carboxylic acids is 1. The maximum atomic E-state index is 12.0. The number of amides is 1. The van der Waals surface area contributed by atoms with Gasteiger partial charge in [-0.1, -0.05) is 13.8 Å². The number of ether oxygens (including phenoxy) is 1. The highest BCUT2D eigenvalue weighted by Crippen LogP contribution is 2.27. The summed E-state index contributed by atoms with van der Waals surface area (Å²) >= 11 is 0. The third kappa shape index (κ3) is 3.45. The van der Waals surface area contributed by atoms with Gasteiger partial charge in [-0.2, -0.15) is 5.26 Å². The van der Waals surface area contributed by atoms with Gasteiger partial charge in [0.2, 0.25) is 0 Å². The number of hydrogen-bond donors (Lipinski definition) is 1. The fourth-order valence-electron chi connectivity index (χ4n) is 1.54. The molecule has 7 nitrogen and oxygen atoms in total. The van der Waals surface area contributed by atoms with Crippen molar-refractivity contribution < 1.29 is 14.5 Å². The second-order valence-electron chi connectivity index (χ2n) is 4.47. The molecule has 1 aromatic rings. The van der Waals surface area contributed by atoms with Crippen LogP contribution in [0, 0.1) is 27.4 Å². The van der Waals surface area contributed by atoms with Gasteiger partial charge in [-0.25, -0.2) is 0 Å². The molecule has 0 fully saturated rings. The van der Waals surface area contributed by atoms with E-state index in [1.165, 1.54) is 25.3 Å². The Morgan fingerprint density at radius 3 is 2.60 bits per heavy atom. The van der Waals surface area contributed by atoms with Crippen LogP contribution in [0.1, 0.15) is 24.2 Å². The first kappa shape index (κ1) is 15.4. The number of nitriles is 1. The average molecular weight is 277 g/mol. The highest BCUT2D eigenvalue weighted by atomic mass is 16.6. The Morgan fingerprint density at radius 1 is 1.50 bits per heavy atom. The molecule has 1 atom stereocenters. The van der Waals surface area contributed by atoms with Crippen LogP contribution in [0.3, 0.4) is 0 Å². The number of hydrogen-bond acceptors (Lipinski definition) is 5. The van der Waals surface area contributed by atoms with Gasteiger partial charge < -0.3 is 10.1 Å². The van der Waals surface area contributed by atoms with E-state index >= 15 is 0 Å². The lowest BCUT2D eigenvalue weighted by Gasteiger charge is -2.15. The van der Waals surface area contributed by atoms with Crippen molar-refractivity contribution in [1.82, 2.24) is 5.32 Å². The van der Waals surface area contributed by atoms with Gasteiger partial charge in [0.15, 0.2) is 5.75 Å². The van der Waals surface area contributed by atoms with E-state index in [-0.39, 0.29) is 22.9 Å². The molecule has 1 aromatic carbocycles. The Balaban J connectivity index is 3.01. The largest absolute Gasteiger partial charge is 0.490 e. The van der Waals surface area contributed by atoms with E-state index in [4.69, 9.17) is 10.00 Å². The van der Waals surface area contributed by atoms with Gasteiger partial charge in [-0.3, -0.25) is 14.9 Å². The molecule has 1 rings (SSSR count). The first-order valence-corrected chi connectivity index (χ1v) is 5.93. The fourth-order valence-corrected chi connectivity index (χ4v) is 1.54. The molecular weight excluding hydrogens is 262 g/mol. The summed E-state index contributed by atoms with van der Waals surface area (Å²) in [5.41, 5.74) is -0.0157. The van der Waals surface area contributed by atoms with Crippen molar-refractivity contribution in [3.05, 3.63) is 33.9 Å². The average Bonchev–Trinajstić information content (AvgIpc) is 2.43. The van der Waals surface area contributed by atoms with Crippen molar-refractivity contribution in [3.63, 3.8) is 0 Å². The second kappa shape index (κ2) is 6.52. The van der Waals surface area contributed by atoms with Gasteiger partial charge in [0.05, 0.1) is 18.1 Å². The minimum Gasteiger partial charge on any atom is -0.490 e. The number of nitrogens with zero attached hydrogens (tertiary/aromatic N) is 2. The molecule has 0 aliphatic carbocycles. The van der Waals surface area contributed by atoms with Gasteiger partial charge in [-0.15, -0.1) is 0 Å². The fraction of sp³-hybridized carbons (Fsp3) is 0.385. The van der Waals surface area contributed by atoms with E-state index in [0.717, 1.165) is 0 Å². The summed E-state index contributed by atoms with van der Waals surface area (Å²) in [4.78, 5) is 22.1. The Hall–Kier alpha value is -2.62. The number of rotatable bonds is 5. The summed E-state index contributed by atoms with van der Waals surface area (Å²) in [6.45, 7) is 3.62. The van der Waals surface area contributed by atoms with Crippen molar-refractivity contribution in [2.24, 2.45) is 5.92 Å². The zero-order valence-electron chi connectivity index (χ0n) is 11.4. The zero-order chi connectivity index (χ0) is 15.3. The summed E-state index contributed by atoms with van der Waals surface area (Å²) in [6, 6.07) is 5.17. The standard InChI is InChI=1S/C13H15N3O4/c1-8(2)10(7-14)15-13(17)9-4-5-11(16(18)19)12(6-9)20-3/h4-6,8,10H,1-3H3,(H,15,17). The molecule has 106 valence electrons. The minimum atomic E-state index is -0.622. The van der Waals surface area contributed by atoms with Crippen LogP contribution in [0.2, 0.25) is 0 Å². The van der Waals surface area contributed by atoms with Crippen LogP contribution in [0.15, 0.2) is 18.2 Å². The molecule has 0 heterocycles. The molecule has 1 N–H and O–H groups in total. The Kier molecular flexibility index (Phi) is 5.03. The van der Waals surface area contributed by atoms with Gasteiger partial charge in [-0.05, 0) is 12.0 Å². The van der Waals surface area contributed by atoms with Crippen molar-refractivity contribution in [2.75, 3.05) is 7.11 Å². The van der Waals surface area contributed by atoms with Gasteiger partial charge in [0.25, 0.3) is 5.91 Å². The lowest BCUT2D eigenvalue weighted by Crippen LogP contribution is -2.37. The van der Waals surface area contributed by atoms with Gasteiger partial charge in [0, 0.05) is 17.7 Å². The van der Waals surface area contributed by atoms with Gasteiger partial charge in [0.1, 0.15) is 6.04 Å². The maximum absolute atomic E-state index is 12.0. The molecule has 0 radical (unpaired) electrons. The van der Waals surface area contributed by atoms with Crippen LogP contribution in [0.25, 0.3) is 0 Å². The summed E-state index contributed by atoms with van der Waals surface area (Å²) in [7, 11) is 1.29. The topological polar surface area (TPSA) is 105 Å². The molecule has 7 heteroatoms. The number of nitrogens with one attached hydrogen (secondary N) is 1. The predicted octanol–water partition coefficient (Wildman–Crippen LogP) is 1.88. The second-order valence-corrected chi connectivity index (χ2v) is 4.47. The van der Waals surface area contributed by atoms with Crippen LogP contribution >= 0.6 is 0 Å². The molecule has 0 saturated carbocycles. The number of nitro groups is 1. The molecule has 1 unspecified atom stereocenters. The molecule has 0 spiro atoms. The Bertz CT molecular complexity index is 563. The van der Waals surface area contributed by atoms with E-state index in [2.05, 4.69) is 5.32 Å². The predicted molar refractivity (Wildman–Crippen MR) is 71.4 cm³/mol. The molecular formula is C13H15N3O4. The number of methoxy groups -OCH3 is 1. The minimum absolute atomic E-state index is 0.000652. The molecule has 0 bridgehead atoms. The third-order valence-corrected chi connectivity index (χ3v) is 2.73. The highest BCUT2D eigenvalue weighted by Gasteiger charge is 2.20. The van der Waals surface area contributed by atoms with E-state index in [9.17, 15) is 14.9 Å². The van der Waals surface area contributed by atoms with Crippen LogP contribution < -0.4 is 10.1 Å². The number of benzene rings is 1. The van der Waals surface area contributed by atoms with E-state index in [0.29, 0.717) is 0 Å². The molecule has 20 heavy (non-hydrogen) atoms. The zero-order valence-corrected chi connectivity index (χ0v) is 11.4. The van der Waals surface area contributed by atoms with Crippen molar-refractivity contribution in [1.29, 1.82) is 5.26 Å². The lowest BCUT2D eigenvalue weighted by molar-refractivity contribution is -0.385. The lowest BCUT2D eigenvalue weighted by atomic mass is 10.1. The van der Waals surface area contributed by atoms with E-state index in [1.54, 1.807) is 0 Å². The number of carbonyl (C=O) groups is 1. The first-order chi connectivity index (χ1) is 9.40. The van der Waals surface area contributed by atoms with Crippen molar-refractivity contribution in [3.8, 4) is 11.8 Å². The molecule has 0 aromatic heterocycles. The van der Waals surface area contributed by atoms with E-state index in [1.807, 2.05) is 19.9 Å². The summed E-state index contributed by atoms with van der Waals surface area (Å²) in [5, 5.41) is 22.2. The first-order valence-electron chi connectivity index (χ1n) is 5.93. The van der Waals surface area contributed by atoms with Crippen molar-refractivity contribution in [2.45, 2.75) is 19.9 Å². The Morgan fingerprint density at radius 2 is 2.15 bits per heavy atom. The van der Waals surface area contributed by atoms with Crippen LogP contribution in [-0.4, -0.2) is 24.0 Å². The van der Waals surface area contributed by atoms with Crippen LogP contribution in [0.4, 0.5) is 5.69 Å². The highest BCUT2D eigenvalue weighted by molar-refractivity contribution is 5.95. The van der Waals surface area contributed by atoms with Crippen molar-refractivity contribution >= 4 is 11.6 Å². The maximum Gasteiger partial charge on any atom is 0.310 e. The Labute approximate surface area is 116 Å². The van der Waals surface area contributed by atoms with Gasteiger partial charge >= 0.3 is 5.69 Å². The molecule has 0 aliphatic heterocycles. The quantitative estimate of drug-likeness (QED) is 0.653. The smallest absolute Gasteiger partial charge is 0.310 e. The van der Waals surface area contributed by atoms with E-state index < -0.39 is 16.9 Å². The molecule has 1 amide bonds. The summed E-state index contributed by atoms with van der Waals surface area (Å²) < 4.78 is 4.89. The SMILES string of the molecule is COc1cc(C(=O)NC(C#N)C(C)C)ccc1[N+](=O)[O-]. The monoisotopic (exact) mass is 277 g/mol. The van der Waals surface area contributed by atoms with Crippen LogP contribution in [0.5, 0.6) is 5.75 Å². The number of nitro benzene ring substituents is 1. The summed E-state index contributed by atoms with van der Waals surface area (Å²) in [5.74, 6) is -0.511. The molecule has 0 saturated heterocycles. The third-order valence-electron chi connectivity index (χ3n) is 2.73. The normalized spacial score (nSPS) is 11.6.